The highest BCUT2D eigenvalue weighted by Crippen LogP contribution is 2.33. The Balaban J connectivity index is 1.64. The number of likely N-dealkylation sites (tertiary alicyclic amines) is 1. The molecule has 0 amide bonds. The van der Waals surface area contributed by atoms with Gasteiger partial charge in [0, 0.05) is 43.7 Å². The first-order chi connectivity index (χ1) is 12.9. The molecule has 3 atom stereocenters. The van der Waals surface area contributed by atoms with Gasteiger partial charge in [-0.25, -0.2) is 0 Å². The van der Waals surface area contributed by atoms with E-state index in [4.69, 9.17) is 23.2 Å². The lowest BCUT2D eigenvalue weighted by Crippen LogP contribution is -3.15. The summed E-state index contributed by atoms with van der Waals surface area (Å²) < 4.78 is 2.21. The maximum Gasteiger partial charge on any atom is 0.121 e. The van der Waals surface area contributed by atoms with Gasteiger partial charge >= 0.3 is 0 Å². The third-order valence-corrected chi connectivity index (χ3v) is 6.26. The Hall–Kier alpha value is -1.26. The molecule has 144 valence electrons. The molecule has 2 aromatic carbocycles. The maximum absolute atomic E-state index is 10.9. The van der Waals surface area contributed by atoms with Crippen molar-refractivity contribution in [2.45, 2.75) is 32.9 Å². The van der Waals surface area contributed by atoms with Crippen molar-refractivity contribution in [1.82, 2.24) is 4.57 Å². The van der Waals surface area contributed by atoms with Crippen LogP contribution in [0, 0.1) is 11.8 Å². The van der Waals surface area contributed by atoms with Crippen LogP contribution in [0.4, 0.5) is 0 Å². The predicted octanol–water partition coefficient (Wildman–Crippen LogP) is 4.02. The Morgan fingerprint density at radius 2 is 1.52 bits per heavy atom. The zero-order valence-electron chi connectivity index (χ0n) is 15.9. The highest BCUT2D eigenvalue weighted by atomic mass is 35.5. The van der Waals surface area contributed by atoms with Crippen molar-refractivity contribution < 1.29 is 10.0 Å². The van der Waals surface area contributed by atoms with Crippen LogP contribution in [0.25, 0.3) is 21.8 Å². The lowest BCUT2D eigenvalue weighted by Gasteiger charge is -2.33. The number of nitrogens with zero attached hydrogens (tertiary/aromatic N) is 1. The molecule has 27 heavy (non-hydrogen) atoms. The van der Waals surface area contributed by atoms with E-state index in [0.29, 0.717) is 16.6 Å². The van der Waals surface area contributed by atoms with Crippen molar-refractivity contribution in [3.63, 3.8) is 0 Å². The molecule has 0 radical (unpaired) electrons. The number of rotatable bonds is 4. The Morgan fingerprint density at radius 3 is 2.04 bits per heavy atom. The molecular weight excluding hydrogens is 379 g/mol. The number of fused-ring (bicyclic) bond motifs is 3. The van der Waals surface area contributed by atoms with Crippen molar-refractivity contribution in [2.24, 2.45) is 11.8 Å². The van der Waals surface area contributed by atoms with Gasteiger partial charge in [0.1, 0.15) is 12.6 Å². The van der Waals surface area contributed by atoms with Gasteiger partial charge in [0.15, 0.2) is 0 Å². The average Bonchev–Trinajstić information content (AvgIpc) is 2.86. The fourth-order valence-electron chi connectivity index (χ4n) is 4.94. The van der Waals surface area contributed by atoms with Gasteiger partial charge in [-0.15, -0.1) is 0 Å². The SMILES string of the molecule is C[C@H]1C[C@H](C)C[NH+](C[C@H](O)Cn2c3ccc(Cl)cc3c3cc(Cl)ccc32)C1. The molecule has 3 aromatic rings. The van der Waals surface area contributed by atoms with Crippen LogP contribution in [0.3, 0.4) is 0 Å². The van der Waals surface area contributed by atoms with Crippen LogP contribution in [-0.2, 0) is 6.54 Å². The summed E-state index contributed by atoms with van der Waals surface area (Å²) in [5.74, 6) is 1.46. The summed E-state index contributed by atoms with van der Waals surface area (Å²) in [6.45, 7) is 8.32. The molecule has 0 spiro atoms. The maximum atomic E-state index is 10.9. The van der Waals surface area contributed by atoms with E-state index in [1.165, 1.54) is 11.3 Å². The molecule has 1 aliphatic heterocycles. The van der Waals surface area contributed by atoms with Gasteiger partial charge in [0.05, 0.1) is 19.6 Å². The van der Waals surface area contributed by atoms with Crippen LogP contribution < -0.4 is 4.90 Å². The summed E-state index contributed by atoms with van der Waals surface area (Å²) in [6.07, 6.45) is 0.913. The number of aromatic nitrogens is 1. The number of benzene rings is 2. The molecule has 4 rings (SSSR count). The molecule has 0 aliphatic carbocycles. The number of nitrogens with one attached hydrogen (secondary N) is 1. The van der Waals surface area contributed by atoms with Crippen molar-refractivity contribution in [2.75, 3.05) is 19.6 Å². The standard InChI is InChI=1S/C22H26Cl2N2O/c1-14-7-15(2)11-25(10-14)12-18(27)13-26-21-5-3-16(23)8-19(21)20-9-17(24)4-6-22(20)26/h3-6,8-9,14-15,18,27H,7,10-13H2,1-2H3/p+1/t14-,15-,18-/m0/s1. The number of piperidine rings is 1. The number of quaternary nitrogens is 1. The van der Waals surface area contributed by atoms with Gasteiger partial charge in [0.2, 0.25) is 0 Å². The summed E-state index contributed by atoms with van der Waals surface area (Å²) in [7, 11) is 0. The molecule has 3 nitrogen and oxygen atoms in total. The van der Waals surface area contributed by atoms with Crippen molar-refractivity contribution in [3.8, 4) is 0 Å². The molecule has 0 bridgehead atoms. The normalized spacial score (nSPS) is 24.6. The minimum Gasteiger partial charge on any atom is -0.385 e. The van der Waals surface area contributed by atoms with E-state index in [1.54, 1.807) is 0 Å². The Labute approximate surface area is 170 Å². The van der Waals surface area contributed by atoms with Gasteiger partial charge in [0.25, 0.3) is 0 Å². The zero-order valence-corrected chi connectivity index (χ0v) is 17.4. The smallest absolute Gasteiger partial charge is 0.121 e. The first-order valence-electron chi connectivity index (χ1n) is 9.79. The van der Waals surface area contributed by atoms with Crippen LogP contribution in [0.15, 0.2) is 36.4 Å². The van der Waals surface area contributed by atoms with E-state index in [-0.39, 0.29) is 6.10 Å². The van der Waals surface area contributed by atoms with Crippen LogP contribution >= 0.6 is 23.2 Å². The summed E-state index contributed by atoms with van der Waals surface area (Å²) in [4.78, 5) is 1.51. The van der Waals surface area contributed by atoms with Crippen LogP contribution in [0.2, 0.25) is 10.0 Å². The number of halogens is 2. The number of hydrogen-bond acceptors (Lipinski definition) is 1. The lowest BCUT2D eigenvalue weighted by atomic mass is 9.92. The number of aliphatic hydroxyl groups excluding tert-OH is 1. The molecule has 1 aromatic heterocycles. The second-order valence-electron chi connectivity index (χ2n) is 8.40. The molecule has 1 saturated heterocycles. The second-order valence-corrected chi connectivity index (χ2v) is 9.27. The average molecular weight is 406 g/mol. The number of aliphatic hydroxyl groups is 1. The largest absolute Gasteiger partial charge is 0.385 e. The molecule has 2 N–H and O–H groups in total. The van der Waals surface area contributed by atoms with Gasteiger partial charge in [-0.1, -0.05) is 37.0 Å². The highest BCUT2D eigenvalue weighted by molar-refractivity contribution is 6.33. The van der Waals surface area contributed by atoms with E-state index in [0.717, 1.165) is 53.3 Å². The first kappa shape index (κ1) is 19.1. The molecular formula is C22H27Cl2N2O+. The molecule has 1 aliphatic rings. The number of hydrogen-bond donors (Lipinski definition) is 2. The van der Waals surface area contributed by atoms with Gasteiger partial charge in [-0.05, 0) is 42.8 Å². The summed E-state index contributed by atoms with van der Waals surface area (Å²) in [6, 6.07) is 11.9. The van der Waals surface area contributed by atoms with Crippen molar-refractivity contribution >= 4 is 45.0 Å². The minimum atomic E-state index is -0.386. The summed E-state index contributed by atoms with van der Waals surface area (Å²) >= 11 is 12.5. The zero-order chi connectivity index (χ0) is 19.1. The van der Waals surface area contributed by atoms with Crippen LogP contribution in [-0.4, -0.2) is 35.4 Å². The van der Waals surface area contributed by atoms with Gasteiger partial charge < -0.3 is 14.6 Å². The van der Waals surface area contributed by atoms with Crippen LogP contribution in [0.1, 0.15) is 20.3 Å². The molecule has 5 heteroatoms. The molecule has 1 fully saturated rings. The first-order valence-corrected chi connectivity index (χ1v) is 10.5. The van der Waals surface area contributed by atoms with Crippen LogP contribution in [0.5, 0.6) is 0 Å². The minimum absolute atomic E-state index is 0.386. The van der Waals surface area contributed by atoms with E-state index in [9.17, 15) is 5.11 Å². The van der Waals surface area contributed by atoms with E-state index in [2.05, 4.69) is 18.4 Å². The third-order valence-electron chi connectivity index (χ3n) is 5.79. The monoisotopic (exact) mass is 405 g/mol. The highest BCUT2D eigenvalue weighted by Gasteiger charge is 2.27. The second kappa shape index (κ2) is 7.63. The van der Waals surface area contributed by atoms with Crippen molar-refractivity contribution in [3.05, 3.63) is 46.4 Å². The Morgan fingerprint density at radius 1 is 1.00 bits per heavy atom. The van der Waals surface area contributed by atoms with E-state index < -0.39 is 0 Å². The van der Waals surface area contributed by atoms with Crippen molar-refractivity contribution in [1.29, 1.82) is 0 Å². The summed E-state index contributed by atoms with van der Waals surface area (Å²) in [5.41, 5.74) is 2.18. The van der Waals surface area contributed by atoms with E-state index in [1.807, 2.05) is 36.4 Å². The lowest BCUT2D eigenvalue weighted by molar-refractivity contribution is -0.915. The quantitative estimate of drug-likeness (QED) is 0.674. The van der Waals surface area contributed by atoms with E-state index >= 15 is 0 Å². The topological polar surface area (TPSA) is 29.6 Å². The molecule has 2 heterocycles. The fraction of sp³-hybridized carbons (Fsp3) is 0.455. The molecule has 0 unspecified atom stereocenters. The van der Waals surface area contributed by atoms with Gasteiger partial charge in [-0.2, -0.15) is 0 Å². The third kappa shape index (κ3) is 3.97. The Kier molecular flexibility index (Phi) is 5.39. The summed E-state index contributed by atoms with van der Waals surface area (Å²) in [5, 5.41) is 14.5. The van der Waals surface area contributed by atoms with Gasteiger partial charge in [-0.3, -0.25) is 0 Å². The fourth-order valence-corrected chi connectivity index (χ4v) is 5.29. The Bertz CT molecular complexity index is 899. The molecule has 0 saturated carbocycles. The predicted molar refractivity (Wildman–Crippen MR) is 114 cm³/mol.